The van der Waals surface area contributed by atoms with E-state index in [1.807, 2.05) is 0 Å². The van der Waals surface area contributed by atoms with Gasteiger partial charge in [0.2, 0.25) is 5.91 Å². The van der Waals surface area contributed by atoms with Gasteiger partial charge in [0.15, 0.2) is 0 Å². The lowest BCUT2D eigenvalue weighted by molar-refractivity contribution is -0.148. The van der Waals surface area contributed by atoms with Crippen LogP contribution in [0.15, 0.2) is 0 Å². The molecule has 106 valence electrons. The highest BCUT2D eigenvalue weighted by molar-refractivity contribution is 5.78. The molecule has 0 bridgehead atoms. The van der Waals surface area contributed by atoms with E-state index in [1.54, 1.807) is 6.92 Å². The number of alkyl halides is 2. The van der Waals surface area contributed by atoms with E-state index < -0.39 is 30.3 Å². The van der Waals surface area contributed by atoms with Crippen molar-refractivity contribution < 1.29 is 28.2 Å². The molecule has 2 N–H and O–H groups in total. The van der Waals surface area contributed by atoms with Crippen LogP contribution in [0.4, 0.5) is 8.78 Å². The van der Waals surface area contributed by atoms with Crippen LogP contribution in [0.1, 0.15) is 26.7 Å². The number of aliphatic carboxylic acids is 1. The third-order valence-corrected chi connectivity index (χ3v) is 2.69. The Bertz CT molecular complexity index is 286. The summed E-state index contributed by atoms with van der Waals surface area (Å²) in [7, 11) is 0. The van der Waals surface area contributed by atoms with Crippen molar-refractivity contribution in [1.82, 2.24) is 5.32 Å². The molecule has 0 rings (SSSR count). The van der Waals surface area contributed by atoms with Gasteiger partial charge in [-0.15, -0.1) is 0 Å². The van der Waals surface area contributed by atoms with E-state index in [0.717, 1.165) is 0 Å². The molecule has 0 aliphatic carbocycles. The smallest absolute Gasteiger partial charge is 0.311 e. The lowest BCUT2D eigenvalue weighted by Gasteiger charge is -2.23. The van der Waals surface area contributed by atoms with Crippen LogP contribution in [0.3, 0.4) is 0 Å². The molecule has 0 fully saturated rings. The molecule has 0 heterocycles. The Hall–Kier alpha value is -1.24. The standard InChI is InChI=1S/C11H19F2NO4/c1-3-11(2,10(16)17)7-14-9(15)4-5-18-6-8(12)13/h8H,3-7H2,1-2H3,(H,14,15)(H,16,17). The van der Waals surface area contributed by atoms with Crippen LogP contribution in [-0.4, -0.2) is 43.2 Å². The Morgan fingerprint density at radius 1 is 1.44 bits per heavy atom. The van der Waals surface area contributed by atoms with E-state index in [-0.39, 0.29) is 19.6 Å². The molecule has 7 heteroatoms. The molecule has 0 saturated carbocycles. The molecule has 18 heavy (non-hydrogen) atoms. The number of ether oxygens (including phenoxy) is 1. The molecule has 1 atom stereocenters. The van der Waals surface area contributed by atoms with Gasteiger partial charge in [-0.3, -0.25) is 9.59 Å². The van der Waals surface area contributed by atoms with Gasteiger partial charge in [0.25, 0.3) is 6.43 Å². The van der Waals surface area contributed by atoms with E-state index in [1.165, 1.54) is 6.92 Å². The van der Waals surface area contributed by atoms with Crippen molar-refractivity contribution >= 4 is 11.9 Å². The minimum absolute atomic E-state index is 0.00646. The molecule has 0 aromatic heterocycles. The third-order valence-electron chi connectivity index (χ3n) is 2.69. The lowest BCUT2D eigenvalue weighted by atomic mass is 9.88. The van der Waals surface area contributed by atoms with Crippen LogP contribution in [-0.2, 0) is 14.3 Å². The Balaban J connectivity index is 3.86. The zero-order valence-electron chi connectivity index (χ0n) is 10.5. The minimum atomic E-state index is -2.55. The second-order valence-electron chi connectivity index (χ2n) is 4.21. The Labute approximate surface area is 105 Å². The van der Waals surface area contributed by atoms with Crippen molar-refractivity contribution in [3.8, 4) is 0 Å². The van der Waals surface area contributed by atoms with Gasteiger partial charge in [-0.1, -0.05) is 6.92 Å². The normalized spacial score (nSPS) is 14.3. The summed E-state index contributed by atoms with van der Waals surface area (Å²) in [6.07, 6.45) is -2.24. The van der Waals surface area contributed by atoms with Crippen molar-refractivity contribution in [3.05, 3.63) is 0 Å². The second kappa shape index (κ2) is 7.97. The van der Waals surface area contributed by atoms with Crippen LogP contribution < -0.4 is 5.32 Å². The molecular weight excluding hydrogens is 248 g/mol. The van der Waals surface area contributed by atoms with E-state index >= 15 is 0 Å². The molecule has 0 aromatic carbocycles. The van der Waals surface area contributed by atoms with E-state index in [9.17, 15) is 18.4 Å². The fourth-order valence-corrected chi connectivity index (χ4v) is 1.07. The van der Waals surface area contributed by atoms with Gasteiger partial charge < -0.3 is 15.2 Å². The summed E-state index contributed by atoms with van der Waals surface area (Å²) in [6, 6.07) is 0. The first kappa shape index (κ1) is 16.8. The number of rotatable bonds is 9. The predicted octanol–water partition coefficient (Wildman–Crippen LogP) is 1.28. The molecule has 1 amide bonds. The summed E-state index contributed by atoms with van der Waals surface area (Å²) in [5.74, 6) is -1.40. The van der Waals surface area contributed by atoms with Crippen molar-refractivity contribution in [3.63, 3.8) is 0 Å². The maximum absolute atomic E-state index is 11.7. The van der Waals surface area contributed by atoms with Crippen LogP contribution in [0, 0.1) is 5.41 Å². The summed E-state index contributed by atoms with van der Waals surface area (Å²) in [5, 5.41) is 11.4. The number of amides is 1. The molecule has 1 unspecified atom stereocenters. The summed E-state index contributed by atoms with van der Waals surface area (Å²) < 4.78 is 28.0. The average Bonchev–Trinajstić information content (AvgIpc) is 2.31. The molecule has 5 nitrogen and oxygen atoms in total. The molecule has 0 aromatic rings. The SMILES string of the molecule is CCC(C)(CNC(=O)CCOCC(F)F)C(=O)O. The fourth-order valence-electron chi connectivity index (χ4n) is 1.07. The fraction of sp³-hybridized carbons (Fsp3) is 0.818. The summed E-state index contributed by atoms with van der Waals surface area (Å²) >= 11 is 0. The number of nitrogens with one attached hydrogen (secondary N) is 1. The zero-order chi connectivity index (χ0) is 14.2. The first-order valence-electron chi connectivity index (χ1n) is 5.68. The number of carboxylic acid groups (broad SMARTS) is 1. The zero-order valence-corrected chi connectivity index (χ0v) is 10.5. The van der Waals surface area contributed by atoms with Gasteiger partial charge in [-0.25, -0.2) is 8.78 Å². The van der Waals surface area contributed by atoms with Gasteiger partial charge in [-0.2, -0.15) is 0 Å². The number of carbonyl (C=O) groups is 2. The van der Waals surface area contributed by atoms with Crippen molar-refractivity contribution in [2.45, 2.75) is 33.1 Å². The van der Waals surface area contributed by atoms with Crippen LogP contribution in [0.25, 0.3) is 0 Å². The highest BCUT2D eigenvalue weighted by Crippen LogP contribution is 2.19. The summed E-state index contributed by atoms with van der Waals surface area (Å²) in [6.45, 7) is 2.45. The van der Waals surface area contributed by atoms with Crippen molar-refractivity contribution in [1.29, 1.82) is 0 Å². The van der Waals surface area contributed by atoms with E-state index in [0.29, 0.717) is 6.42 Å². The second-order valence-corrected chi connectivity index (χ2v) is 4.21. The quantitative estimate of drug-likeness (QED) is 0.617. The topological polar surface area (TPSA) is 75.6 Å². The number of hydrogen-bond acceptors (Lipinski definition) is 3. The average molecular weight is 267 g/mol. The number of halogens is 2. The van der Waals surface area contributed by atoms with Crippen molar-refractivity contribution in [2.24, 2.45) is 5.41 Å². The first-order chi connectivity index (χ1) is 8.31. The number of carbonyl (C=O) groups excluding carboxylic acids is 1. The monoisotopic (exact) mass is 267 g/mol. The first-order valence-corrected chi connectivity index (χ1v) is 5.68. The van der Waals surface area contributed by atoms with Crippen molar-refractivity contribution in [2.75, 3.05) is 19.8 Å². The molecule has 0 aliphatic rings. The Morgan fingerprint density at radius 3 is 2.50 bits per heavy atom. The van der Waals surface area contributed by atoms with Crippen LogP contribution in [0.2, 0.25) is 0 Å². The van der Waals surface area contributed by atoms with Gasteiger partial charge in [0.1, 0.15) is 6.61 Å². The maximum atomic E-state index is 11.7. The third kappa shape index (κ3) is 6.48. The van der Waals surface area contributed by atoms with Gasteiger partial charge >= 0.3 is 5.97 Å². The molecule has 0 saturated heterocycles. The highest BCUT2D eigenvalue weighted by atomic mass is 19.3. The maximum Gasteiger partial charge on any atom is 0.311 e. The highest BCUT2D eigenvalue weighted by Gasteiger charge is 2.31. The van der Waals surface area contributed by atoms with Gasteiger partial charge in [0, 0.05) is 13.0 Å². The molecule has 0 spiro atoms. The van der Waals surface area contributed by atoms with E-state index in [2.05, 4.69) is 10.1 Å². The van der Waals surface area contributed by atoms with Gasteiger partial charge in [0.05, 0.1) is 12.0 Å². The van der Waals surface area contributed by atoms with Gasteiger partial charge in [-0.05, 0) is 13.3 Å². The van der Waals surface area contributed by atoms with Crippen LogP contribution >= 0.6 is 0 Å². The molecule has 0 radical (unpaired) electrons. The minimum Gasteiger partial charge on any atom is -0.481 e. The lowest BCUT2D eigenvalue weighted by Crippen LogP contribution is -2.40. The summed E-state index contributed by atoms with van der Waals surface area (Å²) in [4.78, 5) is 22.2. The van der Waals surface area contributed by atoms with E-state index in [4.69, 9.17) is 5.11 Å². The largest absolute Gasteiger partial charge is 0.481 e. The predicted molar refractivity (Wildman–Crippen MR) is 60.5 cm³/mol. The molecule has 0 aliphatic heterocycles. The summed E-state index contributed by atoms with van der Waals surface area (Å²) in [5.41, 5.74) is -1.01. The molecular formula is C11H19F2NO4. The Kier molecular flexibility index (Phi) is 7.42. The number of hydrogen-bond donors (Lipinski definition) is 2. The number of carboxylic acids is 1. The Morgan fingerprint density at radius 2 is 2.06 bits per heavy atom. The van der Waals surface area contributed by atoms with Crippen LogP contribution in [0.5, 0.6) is 0 Å².